The summed E-state index contributed by atoms with van der Waals surface area (Å²) in [5, 5.41) is 8.02. The monoisotopic (exact) mass is 316 g/mol. The molecule has 2 aromatic rings. The van der Waals surface area contributed by atoms with Crippen LogP contribution in [0.15, 0.2) is 29.1 Å². The van der Waals surface area contributed by atoms with E-state index in [4.69, 9.17) is 0 Å². The number of rotatable bonds is 2. The smallest absolute Gasteiger partial charge is 0.272 e. The molecule has 6 nitrogen and oxygen atoms in total. The van der Waals surface area contributed by atoms with Crippen LogP contribution in [0.2, 0.25) is 0 Å². The zero-order valence-corrected chi connectivity index (χ0v) is 13.0. The third kappa shape index (κ3) is 1.96. The van der Waals surface area contributed by atoms with Crippen LogP contribution in [-0.4, -0.2) is 46.1 Å². The van der Waals surface area contributed by atoms with Crippen LogP contribution in [0.1, 0.15) is 10.5 Å². The molecule has 2 aliphatic rings. The second-order valence-electron chi connectivity index (χ2n) is 5.85. The minimum absolute atomic E-state index is 0.0377. The maximum absolute atomic E-state index is 12.6. The highest BCUT2D eigenvalue weighted by molar-refractivity contribution is 7.08. The summed E-state index contributed by atoms with van der Waals surface area (Å²) < 4.78 is 1.58. The molecule has 0 bridgehead atoms. The molecule has 2 atom stereocenters. The van der Waals surface area contributed by atoms with Gasteiger partial charge in [0.05, 0.1) is 11.6 Å². The van der Waals surface area contributed by atoms with E-state index in [2.05, 4.69) is 5.10 Å². The molecule has 7 heteroatoms. The molecule has 114 valence electrons. The number of hydrogen-bond acceptors (Lipinski definition) is 4. The average molecular weight is 316 g/mol. The molecule has 4 heterocycles. The lowest BCUT2D eigenvalue weighted by Gasteiger charge is -2.21. The molecule has 2 aromatic heterocycles. The molecule has 4 rings (SSSR count). The number of nitrogens with zero attached hydrogens (tertiary/aromatic N) is 4. The van der Waals surface area contributed by atoms with Gasteiger partial charge in [-0.05, 0) is 17.5 Å². The second-order valence-corrected chi connectivity index (χ2v) is 6.63. The SMILES string of the molecule is Cn1nccc1C(=O)N1C[C@@H]2CN(c3ccsc3)C(=O)[C@@H]2C1. The fraction of sp³-hybridized carbons (Fsp3) is 0.400. The Hall–Kier alpha value is -2.15. The van der Waals surface area contributed by atoms with Gasteiger partial charge in [-0.15, -0.1) is 0 Å². The largest absolute Gasteiger partial charge is 0.336 e. The zero-order valence-electron chi connectivity index (χ0n) is 12.2. The summed E-state index contributed by atoms with van der Waals surface area (Å²) in [5.74, 6) is 0.259. The summed E-state index contributed by atoms with van der Waals surface area (Å²) in [7, 11) is 1.76. The highest BCUT2D eigenvalue weighted by atomic mass is 32.1. The van der Waals surface area contributed by atoms with Crippen molar-refractivity contribution in [1.29, 1.82) is 0 Å². The highest BCUT2D eigenvalue weighted by Crippen LogP contribution is 2.36. The Labute approximate surface area is 131 Å². The summed E-state index contributed by atoms with van der Waals surface area (Å²) in [4.78, 5) is 28.7. The van der Waals surface area contributed by atoms with E-state index >= 15 is 0 Å². The third-order valence-corrected chi connectivity index (χ3v) is 5.26. The third-order valence-electron chi connectivity index (χ3n) is 4.59. The predicted octanol–water partition coefficient (Wildman–Crippen LogP) is 1.22. The Balaban J connectivity index is 1.50. The number of fused-ring (bicyclic) bond motifs is 1. The molecule has 0 spiro atoms. The molecule has 0 N–H and O–H groups in total. The van der Waals surface area contributed by atoms with E-state index in [1.54, 1.807) is 40.2 Å². The van der Waals surface area contributed by atoms with Crippen LogP contribution in [0.4, 0.5) is 5.69 Å². The minimum atomic E-state index is -0.0722. The quantitative estimate of drug-likeness (QED) is 0.837. The van der Waals surface area contributed by atoms with Gasteiger partial charge in [0.2, 0.25) is 5.91 Å². The first-order valence-electron chi connectivity index (χ1n) is 7.26. The number of thiophene rings is 1. The molecule has 0 unspecified atom stereocenters. The van der Waals surface area contributed by atoms with Gasteiger partial charge >= 0.3 is 0 Å². The molecule has 2 fully saturated rings. The number of likely N-dealkylation sites (tertiary alicyclic amines) is 1. The number of carbonyl (C=O) groups excluding carboxylic acids is 2. The zero-order chi connectivity index (χ0) is 15.3. The van der Waals surface area contributed by atoms with Gasteiger partial charge in [-0.2, -0.15) is 16.4 Å². The van der Waals surface area contributed by atoms with E-state index in [0.29, 0.717) is 25.3 Å². The van der Waals surface area contributed by atoms with Crippen molar-refractivity contribution in [3.8, 4) is 0 Å². The lowest BCUT2D eigenvalue weighted by atomic mass is 10.0. The van der Waals surface area contributed by atoms with Crippen LogP contribution in [-0.2, 0) is 11.8 Å². The van der Waals surface area contributed by atoms with Crippen molar-refractivity contribution >= 4 is 28.8 Å². The summed E-state index contributed by atoms with van der Waals surface area (Å²) >= 11 is 1.59. The van der Waals surface area contributed by atoms with Crippen LogP contribution in [0.3, 0.4) is 0 Å². The lowest BCUT2D eigenvalue weighted by molar-refractivity contribution is -0.120. The van der Waals surface area contributed by atoms with Crippen molar-refractivity contribution in [2.24, 2.45) is 18.9 Å². The van der Waals surface area contributed by atoms with E-state index in [9.17, 15) is 9.59 Å². The topological polar surface area (TPSA) is 58.4 Å². The van der Waals surface area contributed by atoms with Crippen LogP contribution < -0.4 is 4.90 Å². The first-order chi connectivity index (χ1) is 10.6. The summed E-state index contributed by atoms with van der Waals surface area (Å²) in [5.41, 5.74) is 1.55. The van der Waals surface area contributed by atoms with Gasteiger partial charge in [0.15, 0.2) is 0 Å². The first-order valence-corrected chi connectivity index (χ1v) is 8.20. The maximum Gasteiger partial charge on any atom is 0.272 e. The van der Waals surface area contributed by atoms with Crippen molar-refractivity contribution < 1.29 is 9.59 Å². The Kier molecular flexibility index (Phi) is 3.04. The number of aromatic nitrogens is 2. The van der Waals surface area contributed by atoms with E-state index < -0.39 is 0 Å². The van der Waals surface area contributed by atoms with Crippen molar-refractivity contribution in [2.45, 2.75) is 0 Å². The molecule has 0 aliphatic carbocycles. The van der Waals surface area contributed by atoms with Gasteiger partial charge in [-0.1, -0.05) is 0 Å². The molecule has 0 radical (unpaired) electrons. The van der Waals surface area contributed by atoms with E-state index in [0.717, 1.165) is 5.69 Å². The van der Waals surface area contributed by atoms with Crippen molar-refractivity contribution in [2.75, 3.05) is 24.5 Å². The Morgan fingerprint density at radius 1 is 1.32 bits per heavy atom. The van der Waals surface area contributed by atoms with Crippen molar-refractivity contribution in [1.82, 2.24) is 14.7 Å². The molecular formula is C15H16N4O2S. The number of aryl methyl sites for hydroxylation is 1. The van der Waals surface area contributed by atoms with Gasteiger partial charge in [0.25, 0.3) is 5.91 Å². The molecular weight excluding hydrogens is 300 g/mol. The Bertz CT molecular complexity index is 724. The van der Waals surface area contributed by atoms with Gasteiger partial charge in [0.1, 0.15) is 5.69 Å². The van der Waals surface area contributed by atoms with Gasteiger partial charge in [0, 0.05) is 44.2 Å². The van der Waals surface area contributed by atoms with Gasteiger partial charge < -0.3 is 9.80 Å². The predicted molar refractivity (Wildman–Crippen MR) is 82.8 cm³/mol. The summed E-state index contributed by atoms with van der Waals surface area (Å²) in [6.45, 7) is 1.85. The van der Waals surface area contributed by atoms with E-state index in [1.165, 1.54) is 0 Å². The first kappa shape index (κ1) is 13.5. The fourth-order valence-corrected chi connectivity index (χ4v) is 4.06. The second kappa shape index (κ2) is 4.95. The van der Waals surface area contributed by atoms with E-state index in [-0.39, 0.29) is 23.7 Å². The fourth-order valence-electron chi connectivity index (χ4n) is 3.42. The van der Waals surface area contributed by atoms with Crippen LogP contribution in [0.5, 0.6) is 0 Å². The molecule has 2 amide bonds. The number of carbonyl (C=O) groups is 2. The van der Waals surface area contributed by atoms with Crippen molar-refractivity contribution in [3.05, 3.63) is 34.8 Å². The summed E-state index contributed by atoms with van der Waals surface area (Å²) in [6, 6.07) is 3.69. The van der Waals surface area contributed by atoms with Gasteiger partial charge in [-0.25, -0.2) is 0 Å². The lowest BCUT2D eigenvalue weighted by Crippen LogP contribution is -2.36. The van der Waals surface area contributed by atoms with Gasteiger partial charge in [-0.3, -0.25) is 14.3 Å². The minimum Gasteiger partial charge on any atom is -0.336 e. The van der Waals surface area contributed by atoms with Crippen LogP contribution in [0.25, 0.3) is 0 Å². The van der Waals surface area contributed by atoms with Crippen LogP contribution >= 0.6 is 11.3 Å². The molecule has 0 saturated carbocycles. The number of anilines is 1. The summed E-state index contributed by atoms with van der Waals surface area (Å²) in [6.07, 6.45) is 1.62. The number of amides is 2. The maximum atomic E-state index is 12.6. The van der Waals surface area contributed by atoms with Crippen molar-refractivity contribution in [3.63, 3.8) is 0 Å². The molecule has 0 aromatic carbocycles. The molecule has 22 heavy (non-hydrogen) atoms. The van der Waals surface area contributed by atoms with Crippen LogP contribution in [0, 0.1) is 11.8 Å². The molecule has 2 aliphatic heterocycles. The molecule has 2 saturated heterocycles. The van der Waals surface area contributed by atoms with E-state index in [1.807, 2.05) is 21.7 Å². The average Bonchev–Trinajstić information content (AvgIpc) is 3.24. The number of hydrogen-bond donors (Lipinski definition) is 0. The highest BCUT2D eigenvalue weighted by Gasteiger charge is 2.48. The standard InChI is InChI=1S/C15H16N4O2S/c1-17-13(2-4-16-17)15(21)18-6-10-7-19(11-3-5-22-9-11)14(20)12(10)8-18/h2-5,9-10,12H,6-8H2,1H3/t10-,12-/m1/s1. The Morgan fingerprint density at radius 2 is 2.18 bits per heavy atom. The normalized spacial score (nSPS) is 24.1. The Morgan fingerprint density at radius 3 is 2.82 bits per heavy atom.